The summed E-state index contributed by atoms with van der Waals surface area (Å²) in [6.07, 6.45) is 0.701. The highest BCUT2D eigenvalue weighted by atomic mass is 16.5. The number of hydrogen-bond donors (Lipinski definition) is 0. The maximum Gasteiger partial charge on any atom is 0.341 e. The average Bonchev–Trinajstić information content (AvgIpc) is 2.52. The number of carbonyl (C=O) groups is 2. The van der Waals surface area contributed by atoms with Crippen molar-refractivity contribution in [1.82, 2.24) is 0 Å². The summed E-state index contributed by atoms with van der Waals surface area (Å²) in [4.78, 5) is 24.7. The molecule has 24 heavy (non-hydrogen) atoms. The first-order chi connectivity index (χ1) is 11.2. The summed E-state index contributed by atoms with van der Waals surface area (Å²) in [7, 11) is 1.31. The van der Waals surface area contributed by atoms with Gasteiger partial charge in [0, 0.05) is 0 Å². The SMILES string of the molecule is COC(=O)c1cc2ccccc2cc1OC(=O)C(C)(C)CC(C)C. The van der Waals surface area contributed by atoms with Crippen LogP contribution < -0.4 is 4.74 Å². The fourth-order valence-electron chi connectivity index (χ4n) is 2.92. The van der Waals surface area contributed by atoms with Crippen LogP contribution in [0.2, 0.25) is 0 Å². The van der Waals surface area contributed by atoms with Crippen LogP contribution in [0.1, 0.15) is 44.5 Å². The number of hydrogen-bond acceptors (Lipinski definition) is 4. The number of rotatable bonds is 5. The van der Waals surface area contributed by atoms with Crippen LogP contribution in [0.5, 0.6) is 5.75 Å². The van der Waals surface area contributed by atoms with Gasteiger partial charge in [-0.05, 0) is 49.1 Å². The van der Waals surface area contributed by atoms with E-state index in [-0.39, 0.29) is 17.3 Å². The van der Waals surface area contributed by atoms with E-state index < -0.39 is 11.4 Å². The van der Waals surface area contributed by atoms with Gasteiger partial charge in [-0.3, -0.25) is 4.79 Å². The molecule has 0 atom stereocenters. The molecule has 0 aliphatic carbocycles. The molecule has 2 aromatic rings. The number of methoxy groups -OCH3 is 1. The third-order valence-electron chi connectivity index (χ3n) is 3.93. The third-order valence-corrected chi connectivity index (χ3v) is 3.93. The van der Waals surface area contributed by atoms with Crippen molar-refractivity contribution in [2.45, 2.75) is 34.1 Å². The molecule has 0 unspecified atom stereocenters. The summed E-state index contributed by atoms with van der Waals surface area (Å²) in [6, 6.07) is 11.0. The van der Waals surface area contributed by atoms with Crippen molar-refractivity contribution >= 4 is 22.7 Å². The molecule has 0 radical (unpaired) electrons. The van der Waals surface area contributed by atoms with Gasteiger partial charge in [-0.2, -0.15) is 0 Å². The minimum atomic E-state index is -0.632. The topological polar surface area (TPSA) is 52.6 Å². The van der Waals surface area contributed by atoms with E-state index in [1.807, 2.05) is 38.1 Å². The number of esters is 2. The first kappa shape index (κ1) is 18.0. The van der Waals surface area contributed by atoms with E-state index in [2.05, 4.69) is 13.8 Å². The molecule has 2 rings (SSSR count). The van der Waals surface area contributed by atoms with Crippen LogP contribution in [0, 0.1) is 11.3 Å². The Morgan fingerprint density at radius 3 is 2.21 bits per heavy atom. The lowest BCUT2D eigenvalue weighted by Gasteiger charge is -2.24. The minimum absolute atomic E-state index is 0.238. The van der Waals surface area contributed by atoms with Crippen molar-refractivity contribution in [3.8, 4) is 5.75 Å². The monoisotopic (exact) mass is 328 g/mol. The smallest absolute Gasteiger partial charge is 0.341 e. The molecule has 0 N–H and O–H groups in total. The van der Waals surface area contributed by atoms with Gasteiger partial charge in [0.2, 0.25) is 0 Å². The molecule has 0 aromatic heterocycles. The van der Waals surface area contributed by atoms with Crippen molar-refractivity contribution in [3.63, 3.8) is 0 Å². The van der Waals surface area contributed by atoms with Crippen LogP contribution in [0.15, 0.2) is 36.4 Å². The quantitative estimate of drug-likeness (QED) is 0.594. The molecular formula is C20H24O4. The summed E-state index contributed by atoms with van der Waals surface area (Å²) < 4.78 is 10.4. The number of carbonyl (C=O) groups excluding carboxylic acids is 2. The Balaban J connectivity index is 2.42. The van der Waals surface area contributed by atoms with Gasteiger partial charge >= 0.3 is 11.9 Å². The molecule has 128 valence electrons. The maximum absolute atomic E-state index is 12.6. The Labute approximate surface area is 142 Å². The van der Waals surface area contributed by atoms with Crippen molar-refractivity contribution in [3.05, 3.63) is 42.0 Å². The molecule has 2 aromatic carbocycles. The Morgan fingerprint density at radius 1 is 1.08 bits per heavy atom. The average molecular weight is 328 g/mol. The van der Waals surface area contributed by atoms with Gasteiger partial charge in [0.25, 0.3) is 0 Å². The van der Waals surface area contributed by atoms with Crippen molar-refractivity contribution in [2.75, 3.05) is 7.11 Å². The van der Waals surface area contributed by atoms with Gasteiger partial charge < -0.3 is 9.47 Å². The maximum atomic E-state index is 12.6. The second kappa shape index (κ2) is 7.04. The van der Waals surface area contributed by atoms with Crippen LogP contribution in [0.4, 0.5) is 0 Å². The van der Waals surface area contributed by atoms with Gasteiger partial charge in [0.05, 0.1) is 12.5 Å². The zero-order valence-electron chi connectivity index (χ0n) is 14.9. The predicted octanol–water partition coefficient (Wildman–Crippen LogP) is 4.60. The first-order valence-corrected chi connectivity index (χ1v) is 8.08. The van der Waals surface area contributed by atoms with Gasteiger partial charge in [-0.15, -0.1) is 0 Å². The van der Waals surface area contributed by atoms with Crippen molar-refractivity contribution in [2.24, 2.45) is 11.3 Å². The van der Waals surface area contributed by atoms with E-state index >= 15 is 0 Å². The largest absolute Gasteiger partial charge is 0.465 e. The lowest BCUT2D eigenvalue weighted by Crippen LogP contribution is -2.31. The van der Waals surface area contributed by atoms with Crippen molar-refractivity contribution in [1.29, 1.82) is 0 Å². The number of benzene rings is 2. The molecule has 4 nitrogen and oxygen atoms in total. The molecule has 4 heteroatoms. The molecule has 0 amide bonds. The lowest BCUT2D eigenvalue weighted by molar-refractivity contribution is -0.144. The van der Waals surface area contributed by atoms with Crippen LogP contribution in [0.25, 0.3) is 10.8 Å². The Hall–Kier alpha value is -2.36. The fourth-order valence-corrected chi connectivity index (χ4v) is 2.92. The van der Waals surface area contributed by atoms with Crippen LogP contribution in [-0.2, 0) is 9.53 Å². The summed E-state index contributed by atoms with van der Waals surface area (Å²) in [5, 5.41) is 1.79. The fraction of sp³-hybridized carbons (Fsp3) is 0.400. The highest BCUT2D eigenvalue weighted by molar-refractivity contribution is 5.99. The lowest BCUT2D eigenvalue weighted by atomic mass is 9.84. The molecular weight excluding hydrogens is 304 g/mol. The number of fused-ring (bicyclic) bond motifs is 1. The van der Waals surface area contributed by atoms with Crippen LogP contribution >= 0.6 is 0 Å². The Bertz CT molecular complexity index is 759. The summed E-state index contributed by atoms with van der Waals surface area (Å²) in [5.41, 5.74) is -0.377. The Kier molecular flexibility index (Phi) is 5.27. The first-order valence-electron chi connectivity index (χ1n) is 8.08. The molecule has 0 aliphatic rings. The van der Waals surface area contributed by atoms with E-state index in [1.165, 1.54) is 7.11 Å². The summed E-state index contributed by atoms with van der Waals surface area (Å²) in [6.45, 7) is 7.83. The highest BCUT2D eigenvalue weighted by Crippen LogP contribution is 2.31. The van der Waals surface area contributed by atoms with Gasteiger partial charge in [0.1, 0.15) is 11.3 Å². The summed E-state index contributed by atoms with van der Waals surface area (Å²) >= 11 is 0. The molecule has 0 fully saturated rings. The Morgan fingerprint density at radius 2 is 1.67 bits per heavy atom. The van der Waals surface area contributed by atoms with Gasteiger partial charge in [-0.25, -0.2) is 4.79 Å². The molecule has 0 aliphatic heterocycles. The molecule has 0 bridgehead atoms. The zero-order chi connectivity index (χ0) is 17.9. The predicted molar refractivity (Wildman–Crippen MR) is 94.2 cm³/mol. The van der Waals surface area contributed by atoms with Crippen molar-refractivity contribution < 1.29 is 19.1 Å². The van der Waals surface area contributed by atoms with E-state index in [9.17, 15) is 9.59 Å². The molecule has 0 spiro atoms. The third kappa shape index (κ3) is 3.94. The second-order valence-electron chi connectivity index (χ2n) is 7.06. The zero-order valence-corrected chi connectivity index (χ0v) is 14.9. The number of ether oxygens (including phenoxy) is 2. The van der Waals surface area contributed by atoms with Crippen LogP contribution in [0.3, 0.4) is 0 Å². The normalized spacial score (nSPS) is 11.6. The van der Waals surface area contributed by atoms with E-state index in [4.69, 9.17) is 9.47 Å². The van der Waals surface area contributed by atoms with Gasteiger partial charge in [0.15, 0.2) is 0 Å². The van der Waals surface area contributed by atoms with E-state index in [0.29, 0.717) is 12.3 Å². The second-order valence-corrected chi connectivity index (χ2v) is 7.06. The molecule has 0 heterocycles. The van der Waals surface area contributed by atoms with E-state index in [1.54, 1.807) is 12.1 Å². The standard InChI is InChI=1S/C20H24O4/c1-13(2)12-20(3,4)19(22)24-17-11-15-9-7-6-8-14(15)10-16(17)18(21)23-5/h6-11,13H,12H2,1-5H3. The minimum Gasteiger partial charge on any atom is -0.465 e. The van der Waals surface area contributed by atoms with Crippen LogP contribution in [-0.4, -0.2) is 19.0 Å². The molecule has 0 saturated carbocycles. The highest BCUT2D eigenvalue weighted by Gasteiger charge is 2.31. The van der Waals surface area contributed by atoms with Gasteiger partial charge in [-0.1, -0.05) is 38.1 Å². The molecule has 0 saturated heterocycles. The summed E-state index contributed by atoms with van der Waals surface area (Å²) in [5.74, 6) is -0.270. The van der Waals surface area contributed by atoms with E-state index in [0.717, 1.165) is 10.8 Å².